The van der Waals surface area contributed by atoms with E-state index in [0.29, 0.717) is 43.1 Å². The Balaban J connectivity index is 1.57. The molecule has 0 saturated carbocycles. The molecule has 1 saturated heterocycles. The van der Waals surface area contributed by atoms with Crippen molar-refractivity contribution in [2.24, 2.45) is 0 Å². The van der Waals surface area contributed by atoms with Crippen LogP contribution in [0.2, 0.25) is 0 Å². The van der Waals surface area contributed by atoms with Crippen molar-refractivity contribution < 1.29 is 19.1 Å². The first kappa shape index (κ1) is 20.2. The van der Waals surface area contributed by atoms with E-state index in [9.17, 15) is 14.4 Å². The molecular weight excluding hydrogens is 372 g/mol. The average molecular weight is 396 g/mol. The van der Waals surface area contributed by atoms with Gasteiger partial charge in [-0.15, -0.1) is 0 Å². The fraction of sp³-hybridized carbons (Fsp3) is 0.286. The topological polar surface area (TPSA) is 91.0 Å². The molecule has 2 N–H and O–H groups in total. The molecule has 1 aliphatic heterocycles. The summed E-state index contributed by atoms with van der Waals surface area (Å²) < 4.78 is 4.86. The standard InChI is InChI=1S/C21H24N4O4/c1-15(26)22-16-7-9-17(10-8-16)23-21(28)25-13-11-24(12-14-25)19-6-4-3-5-18(19)20(27)29-2/h3-10H,11-14H2,1-2H3,(H,22,26)(H,23,28). The van der Waals surface area contributed by atoms with Crippen LogP contribution >= 0.6 is 0 Å². The molecule has 0 aliphatic carbocycles. The Morgan fingerprint density at radius 1 is 0.862 bits per heavy atom. The Kier molecular flexibility index (Phi) is 6.33. The lowest BCUT2D eigenvalue weighted by Gasteiger charge is -2.36. The zero-order chi connectivity index (χ0) is 20.8. The number of carbonyl (C=O) groups is 3. The van der Waals surface area contributed by atoms with Crippen LogP contribution in [0.25, 0.3) is 0 Å². The summed E-state index contributed by atoms with van der Waals surface area (Å²) in [7, 11) is 1.37. The van der Waals surface area contributed by atoms with E-state index >= 15 is 0 Å². The monoisotopic (exact) mass is 396 g/mol. The van der Waals surface area contributed by atoms with Crippen molar-refractivity contribution in [3.05, 3.63) is 54.1 Å². The van der Waals surface area contributed by atoms with Gasteiger partial charge in [-0.3, -0.25) is 4.79 Å². The van der Waals surface area contributed by atoms with Crippen molar-refractivity contribution in [2.45, 2.75) is 6.92 Å². The molecule has 1 fully saturated rings. The van der Waals surface area contributed by atoms with Gasteiger partial charge in [-0.25, -0.2) is 9.59 Å². The van der Waals surface area contributed by atoms with Gasteiger partial charge in [0.1, 0.15) is 0 Å². The van der Waals surface area contributed by atoms with Gasteiger partial charge in [0.05, 0.1) is 18.4 Å². The largest absolute Gasteiger partial charge is 0.465 e. The minimum Gasteiger partial charge on any atom is -0.465 e. The zero-order valence-corrected chi connectivity index (χ0v) is 16.5. The van der Waals surface area contributed by atoms with E-state index in [0.717, 1.165) is 5.69 Å². The Morgan fingerprint density at radius 2 is 1.45 bits per heavy atom. The summed E-state index contributed by atoms with van der Waals surface area (Å²) in [5.41, 5.74) is 2.66. The fourth-order valence-electron chi connectivity index (χ4n) is 3.23. The summed E-state index contributed by atoms with van der Waals surface area (Å²) in [4.78, 5) is 39.4. The lowest BCUT2D eigenvalue weighted by atomic mass is 10.1. The number of esters is 1. The van der Waals surface area contributed by atoms with Crippen LogP contribution in [0.5, 0.6) is 0 Å². The second-order valence-electron chi connectivity index (χ2n) is 6.67. The van der Waals surface area contributed by atoms with Gasteiger partial charge in [-0.1, -0.05) is 12.1 Å². The molecule has 152 valence electrons. The molecule has 3 amide bonds. The summed E-state index contributed by atoms with van der Waals surface area (Å²) >= 11 is 0. The van der Waals surface area contributed by atoms with Crippen molar-refractivity contribution in [2.75, 3.05) is 48.8 Å². The van der Waals surface area contributed by atoms with Gasteiger partial charge in [0.25, 0.3) is 0 Å². The predicted octanol–water partition coefficient (Wildman–Crippen LogP) is 2.79. The number of piperazine rings is 1. The summed E-state index contributed by atoms with van der Waals surface area (Å²) in [5.74, 6) is -0.517. The SMILES string of the molecule is COC(=O)c1ccccc1N1CCN(C(=O)Nc2ccc(NC(C)=O)cc2)CC1. The molecule has 8 nitrogen and oxygen atoms in total. The third-order valence-electron chi connectivity index (χ3n) is 4.67. The van der Waals surface area contributed by atoms with Crippen LogP contribution in [0.4, 0.5) is 21.9 Å². The smallest absolute Gasteiger partial charge is 0.339 e. The highest BCUT2D eigenvalue weighted by molar-refractivity contribution is 5.96. The number of urea groups is 1. The Bertz CT molecular complexity index is 890. The van der Waals surface area contributed by atoms with Crippen LogP contribution in [0.3, 0.4) is 0 Å². The normalized spacial score (nSPS) is 13.6. The number of carbonyl (C=O) groups excluding carboxylic acids is 3. The number of hydrogen-bond donors (Lipinski definition) is 2. The third-order valence-corrected chi connectivity index (χ3v) is 4.67. The Labute approximate surface area is 169 Å². The quantitative estimate of drug-likeness (QED) is 0.776. The van der Waals surface area contributed by atoms with Gasteiger partial charge >= 0.3 is 12.0 Å². The highest BCUT2D eigenvalue weighted by atomic mass is 16.5. The van der Waals surface area contributed by atoms with E-state index in [4.69, 9.17) is 4.74 Å². The number of para-hydroxylation sites is 1. The maximum atomic E-state index is 12.5. The second kappa shape index (κ2) is 9.09. The molecule has 0 unspecified atom stereocenters. The van der Waals surface area contributed by atoms with Crippen molar-refractivity contribution in [1.29, 1.82) is 0 Å². The van der Waals surface area contributed by atoms with Gasteiger partial charge in [-0.2, -0.15) is 0 Å². The van der Waals surface area contributed by atoms with E-state index in [1.54, 1.807) is 41.3 Å². The summed E-state index contributed by atoms with van der Waals surface area (Å²) in [5, 5.41) is 5.55. The van der Waals surface area contributed by atoms with Crippen LogP contribution in [0.15, 0.2) is 48.5 Å². The molecule has 1 heterocycles. The molecule has 29 heavy (non-hydrogen) atoms. The number of nitrogens with one attached hydrogen (secondary N) is 2. The Hall–Kier alpha value is -3.55. The maximum Gasteiger partial charge on any atom is 0.339 e. The van der Waals surface area contributed by atoms with E-state index in [1.807, 2.05) is 12.1 Å². The number of ether oxygens (including phenoxy) is 1. The van der Waals surface area contributed by atoms with Crippen LogP contribution < -0.4 is 15.5 Å². The first-order valence-corrected chi connectivity index (χ1v) is 9.34. The predicted molar refractivity (Wildman–Crippen MR) is 111 cm³/mol. The summed E-state index contributed by atoms with van der Waals surface area (Å²) in [6.07, 6.45) is 0. The highest BCUT2D eigenvalue weighted by Crippen LogP contribution is 2.23. The Morgan fingerprint density at radius 3 is 2.03 bits per heavy atom. The van der Waals surface area contributed by atoms with Gasteiger partial charge in [-0.05, 0) is 36.4 Å². The van der Waals surface area contributed by atoms with Crippen LogP contribution in [0, 0.1) is 0 Å². The maximum absolute atomic E-state index is 12.5. The number of nitrogens with zero attached hydrogens (tertiary/aromatic N) is 2. The average Bonchev–Trinajstić information content (AvgIpc) is 2.74. The molecule has 0 spiro atoms. The van der Waals surface area contributed by atoms with Gasteiger partial charge in [0, 0.05) is 44.5 Å². The highest BCUT2D eigenvalue weighted by Gasteiger charge is 2.24. The lowest BCUT2D eigenvalue weighted by molar-refractivity contribution is -0.114. The summed E-state index contributed by atoms with van der Waals surface area (Å²) in [6, 6.07) is 14.1. The third kappa shape index (κ3) is 5.04. The lowest BCUT2D eigenvalue weighted by Crippen LogP contribution is -2.50. The summed E-state index contributed by atoms with van der Waals surface area (Å²) in [6.45, 7) is 3.74. The van der Waals surface area contributed by atoms with Gasteiger partial charge in [0.15, 0.2) is 0 Å². The van der Waals surface area contributed by atoms with Crippen molar-refractivity contribution in [3.8, 4) is 0 Å². The molecule has 0 bridgehead atoms. The first-order valence-electron chi connectivity index (χ1n) is 9.34. The van der Waals surface area contributed by atoms with E-state index in [-0.39, 0.29) is 17.9 Å². The number of rotatable bonds is 4. The first-order chi connectivity index (χ1) is 14.0. The number of amides is 3. The van der Waals surface area contributed by atoms with Crippen molar-refractivity contribution >= 4 is 35.0 Å². The zero-order valence-electron chi connectivity index (χ0n) is 16.5. The number of anilines is 3. The molecule has 0 aromatic heterocycles. The number of hydrogen-bond acceptors (Lipinski definition) is 5. The van der Waals surface area contributed by atoms with E-state index in [2.05, 4.69) is 15.5 Å². The number of methoxy groups -OCH3 is 1. The minimum atomic E-state index is -0.372. The fourth-order valence-corrected chi connectivity index (χ4v) is 3.23. The molecule has 3 rings (SSSR count). The van der Waals surface area contributed by atoms with Gasteiger partial charge < -0.3 is 25.2 Å². The van der Waals surface area contributed by atoms with Crippen LogP contribution in [-0.4, -0.2) is 56.1 Å². The van der Waals surface area contributed by atoms with Gasteiger partial charge in [0.2, 0.25) is 5.91 Å². The molecule has 1 aliphatic rings. The van der Waals surface area contributed by atoms with Crippen molar-refractivity contribution in [3.63, 3.8) is 0 Å². The van der Waals surface area contributed by atoms with E-state index < -0.39 is 0 Å². The molecular formula is C21H24N4O4. The molecule has 0 atom stereocenters. The molecule has 2 aromatic rings. The minimum absolute atomic E-state index is 0.145. The molecule has 0 radical (unpaired) electrons. The van der Waals surface area contributed by atoms with Crippen LogP contribution in [-0.2, 0) is 9.53 Å². The van der Waals surface area contributed by atoms with Crippen molar-refractivity contribution in [1.82, 2.24) is 4.90 Å². The second-order valence-corrected chi connectivity index (χ2v) is 6.67. The number of benzene rings is 2. The van der Waals surface area contributed by atoms with E-state index in [1.165, 1.54) is 14.0 Å². The molecule has 8 heteroatoms. The van der Waals surface area contributed by atoms with Crippen LogP contribution in [0.1, 0.15) is 17.3 Å². The molecule has 2 aromatic carbocycles.